The molecule has 0 saturated carbocycles. The molecule has 5 heteroatoms. The molecule has 0 spiro atoms. The number of carbonyl (C=O) groups is 1. The number of aryl methyl sites for hydroxylation is 1. The van der Waals surface area contributed by atoms with E-state index < -0.39 is 0 Å². The van der Waals surface area contributed by atoms with Gasteiger partial charge in [0.15, 0.2) is 0 Å². The number of piperidine rings is 1. The summed E-state index contributed by atoms with van der Waals surface area (Å²) in [5.74, 6) is 0.0359. The minimum atomic E-state index is 0.0359. The van der Waals surface area contributed by atoms with Crippen LogP contribution < -0.4 is 4.90 Å². The van der Waals surface area contributed by atoms with Crippen LogP contribution in [0.3, 0.4) is 0 Å². The Kier molecular flexibility index (Phi) is 7.42. The number of nitrogens with zero attached hydrogens (tertiary/aromatic N) is 3. The largest absolute Gasteiger partial charge is 0.396 e. The molecule has 1 aromatic rings. The average Bonchev–Trinajstić information content (AvgIpc) is 2.60. The monoisotopic (exact) mass is 343 g/mol. The number of nitriles is 1. The van der Waals surface area contributed by atoms with Crippen LogP contribution in [0.5, 0.6) is 0 Å². The summed E-state index contributed by atoms with van der Waals surface area (Å²) >= 11 is 0. The summed E-state index contributed by atoms with van der Waals surface area (Å²) in [5, 5.41) is 18.3. The van der Waals surface area contributed by atoms with E-state index in [0.717, 1.165) is 49.0 Å². The van der Waals surface area contributed by atoms with Gasteiger partial charge in [0, 0.05) is 24.9 Å². The Hall–Kier alpha value is -1.90. The predicted octanol–water partition coefficient (Wildman–Crippen LogP) is 2.79. The van der Waals surface area contributed by atoms with Gasteiger partial charge in [0.05, 0.1) is 19.0 Å². The number of anilines is 1. The van der Waals surface area contributed by atoms with Gasteiger partial charge in [-0.25, -0.2) is 0 Å². The molecule has 0 aliphatic carbocycles. The van der Waals surface area contributed by atoms with E-state index in [1.807, 2.05) is 32.0 Å². The smallest absolute Gasteiger partial charge is 0.241 e. The molecule has 1 atom stereocenters. The van der Waals surface area contributed by atoms with Crippen molar-refractivity contribution >= 4 is 11.6 Å². The first-order valence-corrected chi connectivity index (χ1v) is 9.17. The van der Waals surface area contributed by atoms with Crippen LogP contribution in [0.2, 0.25) is 0 Å². The first-order valence-electron chi connectivity index (χ1n) is 9.17. The van der Waals surface area contributed by atoms with Crippen LogP contribution in [0.15, 0.2) is 18.2 Å². The first kappa shape index (κ1) is 19.4. The number of hydrogen-bond acceptors (Lipinski definition) is 4. The molecule has 1 N–H and O–H groups in total. The molecule has 1 aliphatic rings. The normalized spacial score (nSPS) is 17.9. The zero-order valence-corrected chi connectivity index (χ0v) is 15.4. The lowest BCUT2D eigenvalue weighted by Gasteiger charge is -2.36. The zero-order valence-electron chi connectivity index (χ0n) is 15.4. The summed E-state index contributed by atoms with van der Waals surface area (Å²) < 4.78 is 0. The minimum Gasteiger partial charge on any atom is -0.396 e. The van der Waals surface area contributed by atoms with Crippen molar-refractivity contribution in [3.8, 4) is 6.07 Å². The maximum absolute atomic E-state index is 13.0. The molecular formula is C20H29N3O2. The lowest BCUT2D eigenvalue weighted by molar-refractivity contribution is -0.120. The predicted molar refractivity (Wildman–Crippen MR) is 99.4 cm³/mol. The van der Waals surface area contributed by atoms with Gasteiger partial charge in [-0.3, -0.25) is 9.69 Å². The van der Waals surface area contributed by atoms with Gasteiger partial charge in [-0.05, 0) is 56.8 Å². The Balaban J connectivity index is 2.18. The Morgan fingerprint density at radius 1 is 1.40 bits per heavy atom. The summed E-state index contributed by atoms with van der Waals surface area (Å²) in [4.78, 5) is 17.0. The van der Waals surface area contributed by atoms with Gasteiger partial charge in [-0.1, -0.05) is 18.6 Å². The molecule has 1 unspecified atom stereocenters. The third kappa shape index (κ3) is 5.04. The Labute approximate surface area is 150 Å². The molecule has 0 aromatic heterocycles. The van der Waals surface area contributed by atoms with Crippen molar-refractivity contribution < 1.29 is 9.90 Å². The van der Waals surface area contributed by atoms with E-state index in [1.165, 1.54) is 0 Å². The fourth-order valence-corrected chi connectivity index (χ4v) is 3.57. The van der Waals surface area contributed by atoms with Crippen LogP contribution in [0.25, 0.3) is 0 Å². The maximum atomic E-state index is 13.0. The number of carbonyl (C=O) groups excluding carboxylic acids is 1. The highest BCUT2D eigenvalue weighted by molar-refractivity contribution is 5.95. The van der Waals surface area contributed by atoms with E-state index in [9.17, 15) is 9.90 Å². The van der Waals surface area contributed by atoms with Crippen LogP contribution in [-0.2, 0) is 4.79 Å². The molecule has 0 radical (unpaired) electrons. The molecule has 0 bridgehead atoms. The fourth-order valence-electron chi connectivity index (χ4n) is 3.57. The number of aliphatic hydroxyl groups is 1. The number of aliphatic hydroxyl groups excluding tert-OH is 1. The molecule has 1 aliphatic heterocycles. The quantitative estimate of drug-likeness (QED) is 0.827. The van der Waals surface area contributed by atoms with E-state index in [1.54, 1.807) is 4.90 Å². The summed E-state index contributed by atoms with van der Waals surface area (Å²) in [6.45, 7) is 5.88. The number of likely N-dealkylation sites (tertiary alicyclic amines) is 1. The summed E-state index contributed by atoms with van der Waals surface area (Å²) in [7, 11) is 0. The van der Waals surface area contributed by atoms with Crippen LogP contribution in [0, 0.1) is 25.2 Å². The second kappa shape index (κ2) is 9.55. The average molecular weight is 343 g/mol. The summed E-state index contributed by atoms with van der Waals surface area (Å²) in [6, 6.07) is 8.38. The van der Waals surface area contributed by atoms with Crippen molar-refractivity contribution in [2.75, 3.05) is 31.1 Å². The van der Waals surface area contributed by atoms with Crippen molar-refractivity contribution in [3.05, 3.63) is 29.3 Å². The molecule has 25 heavy (non-hydrogen) atoms. The summed E-state index contributed by atoms with van der Waals surface area (Å²) in [5.41, 5.74) is 3.12. The first-order chi connectivity index (χ1) is 12.1. The van der Waals surface area contributed by atoms with Gasteiger partial charge in [0.1, 0.15) is 0 Å². The van der Waals surface area contributed by atoms with Gasteiger partial charge < -0.3 is 10.0 Å². The topological polar surface area (TPSA) is 67.6 Å². The zero-order chi connectivity index (χ0) is 18.2. The fraction of sp³-hybridized carbons (Fsp3) is 0.600. The second-order valence-electron chi connectivity index (χ2n) is 6.80. The van der Waals surface area contributed by atoms with Gasteiger partial charge in [-0.2, -0.15) is 5.26 Å². The minimum absolute atomic E-state index is 0.0359. The van der Waals surface area contributed by atoms with Crippen LogP contribution in [0.4, 0.5) is 5.69 Å². The second-order valence-corrected chi connectivity index (χ2v) is 6.80. The highest BCUT2D eigenvalue weighted by atomic mass is 16.3. The molecule has 1 aromatic carbocycles. The molecule has 136 valence electrons. The molecule has 1 fully saturated rings. The van der Waals surface area contributed by atoms with Crippen molar-refractivity contribution in [1.29, 1.82) is 5.26 Å². The standard InChI is InChI=1S/C20H29N3O2/c1-16-7-5-9-19(17(16)2)23(13-6-11-21)20(25)15-22-12-4-3-8-18(22)10-14-24/h5,7,9,18,24H,3-4,6,8,10,12-15H2,1-2H3. The van der Waals surface area contributed by atoms with E-state index in [4.69, 9.17) is 5.26 Å². The van der Waals surface area contributed by atoms with Crippen LogP contribution >= 0.6 is 0 Å². The van der Waals surface area contributed by atoms with E-state index in [0.29, 0.717) is 19.5 Å². The molecule has 1 amide bonds. The van der Waals surface area contributed by atoms with Crippen LogP contribution in [0.1, 0.15) is 43.2 Å². The van der Waals surface area contributed by atoms with E-state index >= 15 is 0 Å². The van der Waals surface area contributed by atoms with Crippen molar-refractivity contribution in [1.82, 2.24) is 4.90 Å². The Bertz CT molecular complexity index is 622. The Morgan fingerprint density at radius 2 is 2.20 bits per heavy atom. The number of rotatable bonds is 7. The summed E-state index contributed by atoms with van der Waals surface area (Å²) in [6.07, 6.45) is 4.32. The van der Waals surface area contributed by atoms with Gasteiger partial charge in [0.2, 0.25) is 5.91 Å². The molecule has 1 saturated heterocycles. The van der Waals surface area contributed by atoms with Crippen molar-refractivity contribution in [2.45, 2.75) is 52.0 Å². The Morgan fingerprint density at radius 3 is 2.92 bits per heavy atom. The number of amides is 1. The van der Waals surface area contributed by atoms with Gasteiger partial charge in [-0.15, -0.1) is 0 Å². The maximum Gasteiger partial charge on any atom is 0.241 e. The van der Waals surface area contributed by atoms with Crippen molar-refractivity contribution in [2.24, 2.45) is 0 Å². The molecule has 1 heterocycles. The van der Waals surface area contributed by atoms with Gasteiger partial charge >= 0.3 is 0 Å². The number of hydrogen-bond donors (Lipinski definition) is 1. The highest BCUT2D eigenvalue weighted by Crippen LogP contribution is 2.25. The lowest BCUT2D eigenvalue weighted by atomic mass is 9.99. The number of benzene rings is 1. The molecule has 2 rings (SSSR count). The highest BCUT2D eigenvalue weighted by Gasteiger charge is 2.26. The van der Waals surface area contributed by atoms with Gasteiger partial charge in [0.25, 0.3) is 0 Å². The lowest BCUT2D eigenvalue weighted by Crippen LogP contribution is -2.47. The van der Waals surface area contributed by atoms with Crippen LogP contribution in [-0.4, -0.2) is 48.2 Å². The van der Waals surface area contributed by atoms with E-state index in [2.05, 4.69) is 11.0 Å². The third-order valence-corrected chi connectivity index (χ3v) is 5.16. The van der Waals surface area contributed by atoms with E-state index in [-0.39, 0.29) is 18.6 Å². The SMILES string of the molecule is Cc1cccc(N(CCC#N)C(=O)CN2CCCCC2CCO)c1C. The van der Waals surface area contributed by atoms with Crippen molar-refractivity contribution in [3.63, 3.8) is 0 Å². The molecular weight excluding hydrogens is 314 g/mol. The molecule has 5 nitrogen and oxygen atoms in total. The third-order valence-electron chi connectivity index (χ3n) is 5.16.